The first-order valence-electron chi connectivity index (χ1n) is 7.41. The van der Waals surface area contributed by atoms with Gasteiger partial charge in [0.2, 0.25) is 0 Å². The zero-order valence-electron chi connectivity index (χ0n) is 12.7. The van der Waals surface area contributed by atoms with Crippen molar-refractivity contribution in [3.05, 3.63) is 68.7 Å². The Morgan fingerprint density at radius 1 is 1.09 bits per heavy atom. The van der Waals surface area contributed by atoms with Crippen LogP contribution in [0.5, 0.6) is 0 Å². The molecule has 116 valence electrons. The molecule has 2 atom stereocenters. The van der Waals surface area contributed by atoms with Crippen LogP contribution in [0.1, 0.15) is 34.3 Å². The summed E-state index contributed by atoms with van der Waals surface area (Å²) in [6.07, 6.45) is 0.0962. The first-order valence-corrected chi connectivity index (χ1v) is 8.17. The Bertz CT molecular complexity index is 687. The molecule has 0 saturated heterocycles. The SMILES string of the molecule is CNCC1OCC(c2ccc(Cl)c(Cl)c2)c2ccc(C)cc21. The van der Waals surface area contributed by atoms with Crippen LogP contribution in [0.4, 0.5) is 0 Å². The van der Waals surface area contributed by atoms with Gasteiger partial charge in [-0.05, 0) is 42.8 Å². The van der Waals surface area contributed by atoms with E-state index in [2.05, 4.69) is 30.4 Å². The maximum Gasteiger partial charge on any atom is 0.0952 e. The molecule has 2 nitrogen and oxygen atoms in total. The van der Waals surface area contributed by atoms with Gasteiger partial charge in [0.05, 0.1) is 22.8 Å². The molecule has 1 aliphatic rings. The van der Waals surface area contributed by atoms with Crippen molar-refractivity contribution >= 4 is 23.2 Å². The van der Waals surface area contributed by atoms with Gasteiger partial charge in [-0.3, -0.25) is 0 Å². The molecule has 2 unspecified atom stereocenters. The van der Waals surface area contributed by atoms with Crippen molar-refractivity contribution in [2.75, 3.05) is 20.2 Å². The van der Waals surface area contributed by atoms with Gasteiger partial charge in [0, 0.05) is 12.5 Å². The van der Waals surface area contributed by atoms with Crippen molar-refractivity contribution in [2.24, 2.45) is 0 Å². The Hall–Kier alpha value is -1.06. The lowest BCUT2D eigenvalue weighted by Crippen LogP contribution is -2.28. The van der Waals surface area contributed by atoms with E-state index >= 15 is 0 Å². The molecular formula is C18H19Cl2NO. The van der Waals surface area contributed by atoms with Crippen LogP contribution in [0, 0.1) is 6.92 Å². The number of halogens is 2. The van der Waals surface area contributed by atoms with Crippen LogP contribution in [0.25, 0.3) is 0 Å². The molecule has 0 saturated carbocycles. The maximum absolute atomic E-state index is 6.18. The molecule has 0 spiro atoms. The van der Waals surface area contributed by atoms with Gasteiger partial charge in [-0.1, -0.05) is 53.0 Å². The quantitative estimate of drug-likeness (QED) is 0.875. The smallest absolute Gasteiger partial charge is 0.0952 e. The van der Waals surface area contributed by atoms with E-state index in [1.807, 2.05) is 25.2 Å². The molecule has 2 aromatic rings. The molecule has 4 heteroatoms. The molecule has 1 N–H and O–H groups in total. The third kappa shape index (κ3) is 3.02. The van der Waals surface area contributed by atoms with E-state index < -0.39 is 0 Å². The third-order valence-corrected chi connectivity index (χ3v) is 4.90. The summed E-state index contributed by atoms with van der Waals surface area (Å²) < 4.78 is 6.10. The molecule has 0 aliphatic carbocycles. The number of aryl methyl sites for hydroxylation is 1. The van der Waals surface area contributed by atoms with Gasteiger partial charge < -0.3 is 10.1 Å². The minimum atomic E-state index is 0.0962. The number of rotatable bonds is 3. The van der Waals surface area contributed by atoms with Crippen LogP contribution in [-0.2, 0) is 4.74 Å². The fraction of sp³-hybridized carbons (Fsp3) is 0.333. The molecule has 3 rings (SSSR count). The van der Waals surface area contributed by atoms with Crippen molar-refractivity contribution in [3.8, 4) is 0 Å². The molecule has 22 heavy (non-hydrogen) atoms. The Balaban J connectivity index is 2.04. The summed E-state index contributed by atoms with van der Waals surface area (Å²) in [5, 5.41) is 4.38. The maximum atomic E-state index is 6.18. The highest BCUT2D eigenvalue weighted by molar-refractivity contribution is 6.42. The second-order valence-electron chi connectivity index (χ2n) is 5.74. The number of fused-ring (bicyclic) bond motifs is 1. The number of likely N-dealkylation sites (N-methyl/N-ethyl adjacent to an activating group) is 1. The van der Waals surface area contributed by atoms with E-state index in [1.165, 1.54) is 16.7 Å². The van der Waals surface area contributed by atoms with Crippen molar-refractivity contribution in [1.82, 2.24) is 5.32 Å². The van der Waals surface area contributed by atoms with Crippen LogP contribution in [-0.4, -0.2) is 20.2 Å². The predicted molar refractivity (Wildman–Crippen MR) is 92.1 cm³/mol. The summed E-state index contributed by atoms with van der Waals surface area (Å²) >= 11 is 12.2. The lowest BCUT2D eigenvalue weighted by Gasteiger charge is -2.32. The Morgan fingerprint density at radius 3 is 2.64 bits per heavy atom. The molecule has 0 radical (unpaired) electrons. The van der Waals surface area contributed by atoms with Crippen molar-refractivity contribution in [2.45, 2.75) is 18.9 Å². The first kappa shape index (κ1) is 15.8. The molecular weight excluding hydrogens is 317 g/mol. The summed E-state index contributed by atoms with van der Waals surface area (Å²) in [6, 6.07) is 12.4. The van der Waals surface area contributed by atoms with Crippen molar-refractivity contribution in [1.29, 1.82) is 0 Å². The number of ether oxygens (including phenoxy) is 1. The van der Waals surface area contributed by atoms with Crippen molar-refractivity contribution < 1.29 is 4.74 Å². The standard InChI is InChI=1S/C18H19Cl2NO/c1-11-3-5-13-14(7-11)18(9-21-2)22-10-15(13)12-4-6-16(19)17(20)8-12/h3-8,15,18,21H,9-10H2,1-2H3. The summed E-state index contributed by atoms with van der Waals surface area (Å²) in [5.41, 5.74) is 4.97. The van der Waals surface area contributed by atoms with Crippen LogP contribution in [0.15, 0.2) is 36.4 Å². The number of nitrogens with one attached hydrogen (secondary N) is 1. The molecule has 0 fully saturated rings. The second-order valence-corrected chi connectivity index (χ2v) is 6.55. The van der Waals surface area contributed by atoms with Crippen LogP contribution >= 0.6 is 23.2 Å². The van der Waals surface area contributed by atoms with Gasteiger partial charge in [-0.25, -0.2) is 0 Å². The highest BCUT2D eigenvalue weighted by atomic mass is 35.5. The lowest BCUT2D eigenvalue weighted by molar-refractivity contribution is 0.0352. The third-order valence-electron chi connectivity index (χ3n) is 4.16. The van der Waals surface area contributed by atoms with Crippen LogP contribution in [0.3, 0.4) is 0 Å². The zero-order valence-corrected chi connectivity index (χ0v) is 14.2. The topological polar surface area (TPSA) is 21.3 Å². The van der Waals surface area contributed by atoms with Gasteiger partial charge in [0.25, 0.3) is 0 Å². The van der Waals surface area contributed by atoms with Gasteiger partial charge in [0.1, 0.15) is 0 Å². The van der Waals surface area contributed by atoms with Crippen LogP contribution < -0.4 is 5.32 Å². The minimum Gasteiger partial charge on any atom is -0.371 e. The summed E-state index contributed by atoms with van der Waals surface area (Å²) in [7, 11) is 1.95. The van der Waals surface area contributed by atoms with Crippen LogP contribution in [0.2, 0.25) is 10.0 Å². The highest BCUT2D eigenvalue weighted by Crippen LogP contribution is 2.39. The lowest BCUT2D eigenvalue weighted by atomic mass is 9.84. The zero-order chi connectivity index (χ0) is 15.7. The largest absolute Gasteiger partial charge is 0.371 e. The van der Waals surface area contributed by atoms with Gasteiger partial charge in [0.15, 0.2) is 0 Å². The predicted octanol–water partition coefficient (Wildman–Crippen LogP) is 4.72. The van der Waals surface area contributed by atoms with E-state index in [4.69, 9.17) is 27.9 Å². The first-order chi connectivity index (χ1) is 10.6. The van der Waals surface area contributed by atoms with E-state index in [-0.39, 0.29) is 12.0 Å². The van der Waals surface area contributed by atoms with Crippen molar-refractivity contribution in [3.63, 3.8) is 0 Å². The molecule has 0 amide bonds. The normalized spacial score (nSPS) is 20.7. The number of benzene rings is 2. The summed E-state index contributed by atoms with van der Waals surface area (Å²) in [5.74, 6) is 0.193. The van der Waals surface area contributed by atoms with Gasteiger partial charge in [-0.2, -0.15) is 0 Å². The van der Waals surface area contributed by atoms with E-state index in [0.29, 0.717) is 16.7 Å². The average molecular weight is 336 g/mol. The fourth-order valence-corrected chi connectivity index (χ4v) is 3.35. The molecule has 1 heterocycles. The molecule has 0 bridgehead atoms. The van der Waals surface area contributed by atoms with E-state index in [0.717, 1.165) is 12.1 Å². The number of hydrogen-bond donors (Lipinski definition) is 1. The van der Waals surface area contributed by atoms with Gasteiger partial charge in [-0.15, -0.1) is 0 Å². The van der Waals surface area contributed by atoms with Gasteiger partial charge >= 0.3 is 0 Å². The van der Waals surface area contributed by atoms with E-state index in [1.54, 1.807) is 0 Å². The van der Waals surface area contributed by atoms with E-state index in [9.17, 15) is 0 Å². The Kier molecular flexibility index (Phi) is 4.74. The molecule has 1 aliphatic heterocycles. The number of hydrogen-bond acceptors (Lipinski definition) is 2. The summed E-state index contributed by atoms with van der Waals surface area (Å²) in [6.45, 7) is 3.57. The fourth-order valence-electron chi connectivity index (χ4n) is 3.04. The second kappa shape index (κ2) is 6.59. The molecule has 0 aromatic heterocycles. The molecule has 2 aromatic carbocycles. The minimum absolute atomic E-state index is 0.0962. The summed E-state index contributed by atoms with van der Waals surface area (Å²) in [4.78, 5) is 0. The Morgan fingerprint density at radius 2 is 1.91 bits per heavy atom. The average Bonchev–Trinajstić information content (AvgIpc) is 2.51. The monoisotopic (exact) mass is 335 g/mol. The Labute approximate surface area is 141 Å². The highest BCUT2D eigenvalue weighted by Gasteiger charge is 2.28.